The van der Waals surface area contributed by atoms with Gasteiger partial charge in [-0.15, -0.1) is 70.6 Å². The van der Waals surface area contributed by atoms with Gasteiger partial charge in [-0.2, -0.15) is 141 Å². The molecule has 9 fully saturated rings. The van der Waals surface area contributed by atoms with Crippen LogP contribution < -0.4 is 47.2 Å². The first-order valence-electron chi connectivity index (χ1n) is 42.9. The number of unbranched alkanes of at least 4 members (excludes halogenated alkanes) is 6. The molecule has 9 aliphatic rings. The Balaban J connectivity index is 0.000000233. The zero-order valence-electron chi connectivity index (χ0n) is 73.3. The van der Waals surface area contributed by atoms with Crippen LogP contribution in [0.25, 0.3) is 0 Å². The highest BCUT2D eigenvalue weighted by atomic mass is 32.2. The van der Waals surface area contributed by atoms with E-state index >= 15 is 0 Å². The van der Waals surface area contributed by atoms with Crippen molar-refractivity contribution in [2.75, 3.05) is 205 Å². The third-order valence-electron chi connectivity index (χ3n) is 19.7. The van der Waals surface area contributed by atoms with E-state index in [0.717, 1.165) is 217 Å². The highest BCUT2D eigenvalue weighted by Gasteiger charge is 2.36. The molecule has 6 unspecified atom stereocenters. The number of rotatable bonds is 35. The minimum absolute atomic E-state index is 0.0818. The lowest BCUT2D eigenvalue weighted by Gasteiger charge is -2.35. The van der Waals surface area contributed by atoms with Gasteiger partial charge in [0.1, 0.15) is 58.5 Å². The van der Waals surface area contributed by atoms with E-state index in [1.807, 2.05) is 159 Å². The van der Waals surface area contributed by atoms with E-state index in [1.54, 1.807) is 70.6 Å². The molecule has 39 heteroatoms. The summed E-state index contributed by atoms with van der Waals surface area (Å²) in [6, 6.07) is 6.04. The average Bonchev–Trinajstić information content (AvgIpc) is 1.07. The van der Waals surface area contributed by atoms with Crippen LogP contribution in [0.1, 0.15) is 64.7 Å². The van der Waals surface area contributed by atoms with Crippen LogP contribution >= 0.6 is 212 Å². The first-order valence-corrected chi connectivity index (χ1v) is 63.1. The zero-order valence-corrected chi connectivity index (χ0v) is 88.0. The summed E-state index contributed by atoms with van der Waals surface area (Å²) in [6.45, 7) is 41.9. The van der Waals surface area contributed by atoms with Gasteiger partial charge in [-0.1, -0.05) is 142 Å². The fourth-order valence-electron chi connectivity index (χ4n) is 12.8. The molecule has 9 saturated heterocycles. The van der Waals surface area contributed by atoms with Crippen LogP contribution in [-0.4, -0.2) is 288 Å². The van der Waals surface area contributed by atoms with Crippen LogP contribution in [0.4, 0.5) is 14.4 Å². The number of nitrogens with one attached hydrogen (secondary N) is 3. The van der Waals surface area contributed by atoms with E-state index in [0.29, 0.717) is 82.9 Å². The maximum absolute atomic E-state index is 13.6. The summed E-state index contributed by atoms with van der Waals surface area (Å²) < 4.78 is 58.6. The lowest BCUT2D eigenvalue weighted by Crippen LogP contribution is -2.56. The number of alkyl carbamates (subject to hydrolysis) is 3. The number of benzene rings is 1. The molecule has 10 heterocycles. The normalized spacial score (nSPS) is 23.4. The van der Waals surface area contributed by atoms with Crippen molar-refractivity contribution in [2.24, 2.45) is 5.41 Å². The maximum Gasteiger partial charge on any atom is 0.408 e. The Kier molecular flexibility index (Phi) is 53.8. The Morgan fingerprint density at radius 2 is 0.559 bits per heavy atom. The summed E-state index contributed by atoms with van der Waals surface area (Å²) >= 11 is 32.7. The minimum atomic E-state index is -0.804. The van der Waals surface area contributed by atoms with Gasteiger partial charge in [-0.05, 0) is 32.1 Å². The van der Waals surface area contributed by atoms with Crippen molar-refractivity contribution in [3.05, 3.63) is 159 Å². The first-order chi connectivity index (χ1) is 61.5. The molecule has 1 aromatic heterocycles. The van der Waals surface area contributed by atoms with Gasteiger partial charge < -0.3 is 58.6 Å². The van der Waals surface area contributed by atoms with Crippen molar-refractivity contribution in [2.45, 2.75) is 135 Å². The van der Waals surface area contributed by atoms with Crippen molar-refractivity contribution in [3.8, 4) is 17.2 Å². The van der Waals surface area contributed by atoms with Gasteiger partial charge in [0, 0.05) is 222 Å². The third kappa shape index (κ3) is 43.9. The predicted molar refractivity (Wildman–Crippen MR) is 573 cm³/mol. The second kappa shape index (κ2) is 62.5. The topological polar surface area (TPSA) is 236 Å². The molecule has 21 nitrogen and oxygen atoms in total. The summed E-state index contributed by atoms with van der Waals surface area (Å²) in [5.74, 6) is 29.4. The van der Waals surface area contributed by atoms with Gasteiger partial charge in [-0.25, -0.2) is 42.5 Å². The SMILES string of the molecule is C=C1CSCC(OC(=O)NCCCCCCn2c(=O)n(CCCCCCNC(=O)OC3CSCC(=C)CSC3)c(=O)n(CNC(=O)OC3CSCC(=C)CSC3)c2=O)CSC1.C=C1CSCC(OCC(CC)(COC2CSCC(=C)CS2)COC2CSCC(=C)CS2)SC1.C=C1CSCC(Oc2cc(OC3CSCC(=C)CS3)cc(OC3CSCC(=C)CS3)c2)SC1. The maximum atomic E-state index is 13.6. The van der Waals surface area contributed by atoms with Gasteiger partial charge >= 0.3 is 35.3 Å². The number of ether oxygens (including phenoxy) is 9. The van der Waals surface area contributed by atoms with Crippen LogP contribution in [0.3, 0.4) is 0 Å². The molecular weight excluding hydrogens is 1960 g/mol. The quantitative estimate of drug-likeness (QED) is 0.0330. The molecule has 6 atom stereocenters. The minimum Gasteiger partial charge on any atom is -0.479 e. The number of carbonyl (C=O) groups excluding carboxylic acids is 3. The second-order valence-corrected chi connectivity index (χ2v) is 51.1. The first kappa shape index (κ1) is 109. The number of amides is 3. The molecule has 710 valence electrons. The summed E-state index contributed by atoms with van der Waals surface area (Å²) in [6.07, 6.45) is 3.87. The molecule has 0 bridgehead atoms. The number of hydrogen-bond donors (Lipinski definition) is 3. The van der Waals surface area contributed by atoms with Crippen molar-refractivity contribution < 1.29 is 57.0 Å². The fourth-order valence-corrected chi connectivity index (χ4v) is 33.1. The van der Waals surface area contributed by atoms with Crippen LogP contribution in [0.5, 0.6) is 17.2 Å². The highest BCUT2D eigenvalue weighted by molar-refractivity contribution is 8.07. The summed E-state index contributed by atoms with van der Waals surface area (Å²) in [5.41, 5.74) is 9.68. The van der Waals surface area contributed by atoms with Crippen molar-refractivity contribution in [1.29, 1.82) is 0 Å². The monoisotopic (exact) mass is 2090 g/mol. The molecule has 3 N–H and O–H groups in total. The Labute approximate surface area is 830 Å². The van der Waals surface area contributed by atoms with Gasteiger partial charge in [0.15, 0.2) is 16.3 Å². The van der Waals surface area contributed by atoms with Crippen molar-refractivity contribution in [3.63, 3.8) is 0 Å². The van der Waals surface area contributed by atoms with Crippen LogP contribution in [0.15, 0.2) is 142 Å². The second-order valence-electron chi connectivity index (χ2n) is 31.8. The van der Waals surface area contributed by atoms with Crippen molar-refractivity contribution in [1.82, 2.24) is 29.7 Å². The fraction of sp³-hybridized carbons (Fsp3) is 0.659. The number of carbonyl (C=O) groups is 3. The Morgan fingerprint density at radius 3 is 0.843 bits per heavy atom. The molecule has 0 aliphatic carbocycles. The molecular formula is C88H130N6O15S18. The molecule has 0 saturated carbocycles. The largest absolute Gasteiger partial charge is 0.479 e. The zero-order chi connectivity index (χ0) is 90.4. The molecule has 2 aromatic rings. The Bertz CT molecular complexity index is 3750. The highest BCUT2D eigenvalue weighted by Crippen LogP contribution is 2.40. The smallest absolute Gasteiger partial charge is 0.408 e. The van der Waals surface area contributed by atoms with Crippen LogP contribution in [0, 0.1) is 5.41 Å². The van der Waals surface area contributed by atoms with Gasteiger partial charge in [0.2, 0.25) is 0 Å². The van der Waals surface area contributed by atoms with Gasteiger partial charge in [-0.3, -0.25) is 0 Å². The Morgan fingerprint density at radius 1 is 0.323 bits per heavy atom. The predicted octanol–water partition coefficient (Wildman–Crippen LogP) is 19.1. The van der Waals surface area contributed by atoms with E-state index in [-0.39, 0.29) is 69.4 Å². The molecule has 127 heavy (non-hydrogen) atoms. The standard InChI is InChI=1S/C40H62N6O9S6.C24H30O3S6.C24H38O3S6/c1-29-16-56-22-32(23-57-17-29)53-35(47)41-12-8-4-6-10-14-44-38(50)45(15-11-7-5-9-13-42-36(48)54-33-24-58-18-30(2)19-59-25-33)40(52)46(39(44)51)28-43-37(49)55-34-26-60-20-31(3)21-61-27-34;1-16-7-28-13-22(31-10-16)25-19-4-20(26-23-14-29-8-17(2)11-32-23)6-21(5-19)27-24-15-30-9-18(3)12-33-24;1-5-24(15-25-21-12-28-6-18(2)9-31-21,16-26-22-13-29-7-19(3)10-32-22)17-27-23-14-30-8-20(4)11-33-23/h32-34H,1-28H2,(H,41,47)(H,42,48)(H,43,49);4-6,22-24H,1-3,7-15H2;21-23H,2-17H2,1H3. The van der Waals surface area contributed by atoms with Crippen LogP contribution in [-0.2, 0) is 48.2 Å². The number of thioether (sulfide) groups is 18. The van der Waals surface area contributed by atoms with E-state index in [1.165, 1.54) is 44.6 Å². The third-order valence-corrected chi connectivity index (χ3v) is 42.6. The van der Waals surface area contributed by atoms with E-state index in [2.05, 4.69) is 82.1 Å². The average molecular weight is 2090 g/mol. The number of hydrogen-bond acceptors (Lipinski definition) is 33. The van der Waals surface area contributed by atoms with Gasteiger partial charge in [0.25, 0.3) is 0 Å². The van der Waals surface area contributed by atoms with Gasteiger partial charge in [0.05, 0.1) is 19.8 Å². The summed E-state index contributed by atoms with van der Waals surface area (Å²) in [7, 11) is 0. The van der Waals surface area contributed by atoms with E-state index in [9.17, 15) is 28.8 Å². The molecule has 3 amide bonds. The summed E-state index contributed by atoms with van der Waals surface area (Å²) in [4.78, 5) is 78.4. The number of nitrogens with zero attached hydrogens (tertiary/aromatic N) is 3. The lowest BCUT2D eigenvalue weighted by atomic mass is 9.88. The molecule has 0 spiro atoms. The molecule has 9 aliphatic heterocycles. The Hall–Kier alpha value is -1.32. The molecule has 1 aromatic carbocycles. The molecule has 11 rings (SSSR count). The number of aromatic nitrogens is 3. The van der Waals surface area contributed by atoms with E-state index in [4.69, 9.17) is 42.6 Å². The van der Waals surface area contributed by atoms with E-state index < -0.39 is 42.0 Å². The lowest BCUT2D eigenvalue weighted by molar-refractivity contribution is -0.0773. The van der Waals surface area contributed by atoms with Crippen LogP contribution in [0.2, 0.25) is 0 Å². The van der Waals surface area contributed by atoms with Crippen molar-refractivity contribution >= 4 is 230 Å². The molecule has 0 radical (unpaired) electrons. The summed E-state index contributed by atoms with van der Waals surface area (Å²) in [5, 5.41) is 8.18.